The Bertz CT molecular complexity index is 543. The molecule has 1 aliphatic carbocycles. The molecule has 0 radical (unpaired) electrons. The predicted molar refractivity (Wildman–Crippen MR) is 94.8 cm³/mol. The first-order valence-corrected chi connectivity index (χ1v) is 8.37. The van der Waals surface area contributed by atoms with E-state index in [4.69, 9.17) is 0 Å². The zero-order valence-electron chi connectivity index (χ0n) is 13.7. The molecule has 21 heavy (non-hydrogen) atoms. The summed E-state index contributed by atoms with van der Waals surface area (Å²) in [7, 11) is 0. The Morgan fingerprint density at radius 1 is 1.14 bits per heavy atom. The van der Waals surface area contributed by atoms with Crippen LogP contribution in [0.2, 0.25) is 0 Å². The fourth-order valence-electron chi connectivity index (χ4n) is 3.23. The lowest BCUT2D eigenvalue weighted by molar-refractivity contribution is 0.745. The van der Waals surface area contributed by atoms with Gasteiger partial charge in [0.2, 0.25) is 0 Å². The van der Waals surface area contributed by atoms with Gasteiger partial charge in [-0.05, 0) is 67.2 Å². The quantitative estimate of drug-likeness (QED) is 0.428. The molecule has 0 saturated heterocycles. The topological polar surface area (TPSA) is 0 Å². The molecule has 0 spiro atoms. The van der Waals surface area contributed by atoms with E-state index in [-0.39, 0.29) is 0 Å². The number of benzene rings is 1. The van der Waals surface area contributed by atoms with Gasteiger partial charge in [0.25, 0.3) is 0 Å². The van der Waals surface area contributed by atoms with Gasteiger partial charge in [-0.15, -0.1) is 0 Å². The molecule has 0 heteroatoms. The summed E-state index contributed by atoms with van der Waals surface area (Å²) >= 11 is 0. The van der Waals surface area contributed by atoms with Crippen LogP contribution in [-0.4, -0.2) is 0 Å². The van der Waals surface area contributed by atoms with Gasteiger partial charge >= 0.3 is 0 Å². The number of rotatable bonds is 6. The molecule has 0 aliphatic heterocycles. The van der Waals surface area contributed by atoms with Crippen molar-refractivity contribution in [1.82, 2.24) is 0 Å². The number of hydrogen-bond donors (Lipinski definition) is 0. The SMILES string of the molecule is C/C=C\C=C/CC/C=C\c1c(CC)ccc2c1C(C)CC2. The lowest BCUT2D eigenvalue weighted by Crippen LogP contribution is -1.97. The summed E-state index contributed by atoms with van der Waals surface area (Å²) < 4.78 is 0. The molecule has 0 N–H and O–H groups in total. The maximum atomic E-state index is 2.38. The third-order valence-electron chi connectivity index (χ3n) is 4.41. The number of aryl methyl sites for hydroxylation is 2. The second-order valence-corrected chi connectivity index (χ2v) is 5.94. The van der Waals surface area contributed by atoms with Crippen molar-refractivity contribution in [2.75, 3.05) is 0 Å². The van der Waals surface area contributed by atoms with Gasteiger partial charge in [-0.2, -0.15) is 0 Å². The smallest absolute Gasteiger partial charge is 0.0178 e. The summed E-state index contributed by atoms with van der Waals surface area (Å²) in [5, 5.41) is 0. The molecule has 0 heterocycles. The van der Waals surface area contributed by atoms with Crippen molar-refractivity contribution in [1.29, 1.82) is 0 Å². The van der Waals surface area contributed by atoms with Crippen molar-refractivity contribution in [2.24, 2.45) is 0 Å². The van der Waals surface area contributed by atoms with Gasteiger partial charge in [-0.1, -0.05) is 62.4 Å². The van der Waals surface area contributed by atoms with E-state index in [0.717, 1.165) is 25.2 Å². The molecule has 1 aromatic carbocycles. The Morgan fingerprint density at radius 3 is 2.71 bits per heavy atom. The maximum Gasteiger partial charge on any atom is -0.0178 e. The Kier molecular flexibility index (Phi) is 6.04. The Hall–Kier alpha value is -1.56. The Balaban J connectivity index is 2.10. The van der Waals surface area contributed by atoms with Crippen LogP contribution in [-0.2, 0) is 12.8 Å². The van der Waals surface area contributed by atoms with Crippen LogP contribution < -0.4 is 0 Å². The van der Waals surface area contributed by atoms with Crippen LogP contribution in [0.5, 0.6) is 0 Å². The van der Waals surface area contributed by atoms with Gasteiger partial charge in [-0.25, -0.2) is 0 Å². The third-order valence-corrected chi connectivity index (χ3v) is 4.41. The summed E-state index contributed by atoms with van der Waals surface area (Å²) in [6, 6.07) is 4.69. The highest BCUT2D eigenvalue weighted by atomic mass is 14.3. The Labute approximate surface area is 130 Å². The van der Waals surface area contributed by atoms with Crippen LogP contribution in [0.3, 0.4) is 0 Å². The summed E-state index contributed by atoms with van der Waals surface area (Å²) in [6.45, 7) is 6.69. The van der Waals surface area contributed by atoms with Gasteiger partial charge in [0.05, 0.1) is 0 Å². The van der Waals surface area contributed by atoms with E-state index in [1.807, 2.05) is 6.92 Å². The minimum absolute atomic E-state index is 0.723. The first-order chi connectivity index (χ1) is 10.3. The predicted octanol–water partition coefficient (Wildman–Crippen LogP) is 6.22. The minimum atomic E-state index is 0.723. The van der Waals surface area contributed by atoms with E-state index >= 15 is 0 Å². The lowest BCUT2D eigenvalue weighted by atomic mass is 9.91. The first-order valence-electron chi connectivity index (χ1n) is 8.37. The average molecular weight is 280 g/mol. The zero-order chi connectivity index (χ0) is 15.1. The molecule has 1 aliphatic rings. The molecule has 0 nitrogen and oxygen atoms in total. The van der Waals surface area contributed by atoms with Crippen molar-refractivity contribution in [3.63, 3.8) is 0 Å². The molecule has 1 atom stereocenters. The Morgan fingerprint density at radius 2 is 1.95 bits per heavy atom. The molecule has 0 bridgehead atoms. The second-order valence-electron chi connectivity index (χ2n) is 5.94. The fraction of sp³-hybridized carbons (Fsp3) is 0.429. The minimum Gasteiger partial charge on any atom is -0.0877 e. The maximum absolute atomic E-state index is 2.38. The van der Waals surface area contributed by atoms with Gasteiger partial charge in [0.15, 0.2) is 0 Å². The fourth-order valence-corrected chi connectivity index (χ4v) is 3.23. The van der Waals surface area contributed by atoms with E-state index in [0.29, 0.717) is 0 Å². The zero-order valence-corrected chi connectivity index (χ0v) is 13.7. The van der Waals surface area contributed by atoms with E-state index in [1.165, 1.54) is 24.0 Å². The van der Waals surface area contributed by atoms with Crippen LogP contribution >= 0.6 is 0 Å². The number of allylic oxidation sites excluding steroid dienone is 5. The van der Waals surface area contributed by atoms with E-state index in [2.05, 4.69) is 62.4 Å². The van der Waals surface area contributed by atoms with E-state index in [1.54, 1.807) is 11.1 Å². The van der Waals surface area contributed by atoms with Crippen molar-refractivity contribution in [3.05, 3.63) is 64.8 Å². The molecular formula is C21H28. The van der Waals surface area contributed by atoms with Crippen LogP contribution in [0.25, 0.3) is 6.08 Å². The number of hydrogen-bond acceptors (Lipinski definition) is 0. The van der Waals surface area contributed by atoms with Gasteiger partial charge in [0, 0.05) is 0 Å². The molecule has 0 amide bonds. The summed E-state index contributed by atoms with van der Waals surface area (Å²) in [4.78, 5) is 0. The normalized spacial score (nSPS) is 18.3. The highest BCUT2D eigenvalue weighted by Gasteiger charge is 2.22. The van der Waals surface area contributed by atoms with Crippen LogP contribution in [0, 0.1) is 0 Å². The van der Waals surface area contributed by atoms with Crippen molar-refractivity contribution >= 4 is 6.08 Å². The molecule has 1 aromatic rings. The lowest BCUT2D eigenvalue weighted by Gasteiger charge is -2.13. The van der Waals surface area contributed by atoms with Crippen LogP contribution in [0.4, 0.5) is 0 Å². The largest absolute Gasteiger partial charge is 0.0877 e. The van der Waals surface area contributed by atoms with Gasteiger partial charge < -0.3 is 0 Å². The summed E-state index contributed by atoms with van der Waals surface area (Å²) in [5.41, 5.74) is 6.21. The molecular weight excluding hydrogens is 252 g/mol. The number of fused-ring (bicyclic) bond motifs is 1. The molecule has 2 rings (SSSR count). The van der Waals surface area contributed by atoms with Crippen molar-refractivity contribution in [3.8, 4) is 0 Å². The standard InChI is InChI=1S/C21H28/c1-4-6-7-8-9-10-11-12-20-18(5-2)15-16-19-14-13-17(3)21(19)20/h4,6-8,11-12,15-17H,5,9-10,13-14H2,1-3H3/b6-4-,8-7-,12-11-. The van der Waals surface area contributed by atoms with Crippen molar-refractivity contribution < 1.29 is 0 Å². The third kappa shape index (κ3) is 3.97. The van der Waals surface area contributed by atoms with Crippen LogP contribution in [0.1, 0.15) is 68.2 Å². The highest BCUT2D eigenvalue weighted by Crippen LogP contribution is 2.37. The van der Waals surface area contributed by atoms with E-state index < -0.39 is 0 Å². The summed E-state index contributed by atoms with van der Waals surface area (Å²) in [5.74, 6) is 0.723. The molecule has 0 saturated carbocycles. The van der Waals surface area contributed by atoms with Gasteiger partial charge in [-0.3, -0.25) is 0 Å². The second kappa shape index (κ2) is 8.02. The van der Waals surface area contributed by atoms with E-state index in [9.17, 15) is 0 Å². The highest BCUT2D eigenvalue weighted by molar-refractivity contribution is 5.62. The van der Waals surface area contributed by atoms with Gasteiger partial charge in [0.1, 0.15) is 0 Å². The molecule has 0 fully saturated rings. The molecule has 0 aromatic heterocycles. The van der Waals surface area contributed by atoms with Crippen molar-refractivity contribution in [2.45, 2.75) is 58.8 Å². The first kappa shape index (κ1) is 15.8. The number of unbranched alkanes of at least 4 members (excludes halogenated alkanes) is 1. The summed E-state index contributed by atoms with van der Waals surface area (Å²) in [6.07, 6.45) is 19.2. The monoisotopic (exact) mass is 280 g/mol. The molecule has 1 unspecified atom stereocenters. The molecule has 112 valence electrons. The van der Waals surface area contributed by atoms with Crippen LogP contribution in [0.15, 0.2) is 42.5 Å². The average Bonchev–Trinajstić information content (AvgIpc) is 2.88.